The largest absolute Gasteiger partial charge is 0.456 e. The first-order chi connectivity index (χ1) is 13.1. The SMILES string of the molecule is CCC(C)(C)OC(=O)c1cc([N+](=O)[O-])cc2c1-c1ccc([N+](=O)[O-])cc1C2=O. The van der Waals surface area contributed by atoms with Crippen LogP contribution >= 0.6 is 0 Å². The third-order valence-corrected chi connectivity index (χ3v) is 4.75. The minimum atomic E-state index is -0.810. The molecule has 0 spiro atoms. The van der Waals surface area contributed by atoms with Crippen LogP contribution in [0.25, 0.3) is 11.1 Å². The van der Waals surface area contributed by atoms with Gasteiger partial charge in [0.2, 0.25) is 0 Å². The molecule has 0 N–H and O–H groups in total. The number of hydrogen-bond acceptors (Lipinski definition) is 7. The molecule has 9 heteroatoms. The standard InChI is InChI=1S/C19H16N2O7/c1-4-19(2,3)28-18(23)15-9-11(21(26)27)8-14-16(15)12-6-5-10(20(24)25)7-13(12)17(14)22/h5-9H,4H2,1-3H3. The van der Waals surface area contributed by atoms with Crippen molar-refractivity contribution in [3.63, 3.8) is 0 Å². The molecule has 1 aliphatic rings. The number of carbonyl (C=O) groups is 2. The Bertz CT molecular complexity index is 1060. The topological polar surface area (TPSA) is 130 Å². The second-order valence-electron chi connectivity index (χ2n) is 6.99. The Kier molecular flexibility index (Phi) is 4.46. The molecule has 0 unspecified atom stereocenters. The Labute approximate surface area is 159 Å². The van der Waals surface area contributed by atoms with Crippen LogP contribution in [0.5, 0.6) is 0 Å². The third kappa shape index (κ3) is 3.11. The zero-order valence-electron chi connectivity index (χ0n) is 15.3. The average Bonchev–Trinajstić information content (AvgIpc) is 2.92. The first-order valence-corrected chi connectivity index (χ1v) is 8.45. The first-order valence-electron chi connectivity index (χ1n) is 8.45. The lowest BCUT2D eigenvalue weighted by Gasteiger charge is -2.24. The third-order valence-electron chi connectivity index (χ3n) is 4.75. The second-order valence-corrected chi connectivity index (χ2v) is 6.99. The quantitative estimate of drug-likeness (QED) is 0.368. The van der Waals surface area contributed by atoms with Crippen LogP contribution in [0.4, 0.5) is 11.4 Å². The summed E-state index contributed by atoms with van der Waals surface area (Å²) >= 11 is 0. The lowest BCUT2D eigenvalue weighted by Crippen LogP contribution is -2.27. The maximum absolute atomic E-state index is 12.8. The molecular formula is C19H16N2O7. The molecule has 0 amide bonds. The van der Waals surface area contributed by atoms with E-state index in [2.05, 4.69) is 0 Å². The number of rotatable bonds is 5. The first kappa shape index (κ1) is 19.2. The van der Waals surface area contributed by atoms with Gasteiger partial charge in [0.05, 0.1) is 15.4 Å². The zero-order chi connectivity index (χ0) is 20.8. The van der Waals surface area contributed by atoms with Gasteiger partial charge in [-0.15, -0.1) is 0 Å². The zero-order valence-corrected chi connectivity index (χ0v) is 15.3. The summed E-state index contributed by atoms with van der Waals surface area (Å²) in [4.78, 5) is 46.5. The summed E-state index contributed by atoms with van der Waals surface area (Å²) in [5, 5.41) is 22.3. The van der Waals surface area contributed by atoms with Crippen LogP contribution in [0.3, 0.4) is 0 Å². The van der Waals surface area contributed by atoms with Crippen LogP contribution in [0, 0.1) is 20.2 Å². The molecule has 0 aliphatic heterocycles. The Morgan fingerprint density at radius 1 is 1.00 bits per heavy atom. The molecule has 0 atom stereocenters. The summed E-state index contributed by atoms with van der Waals surface area (Å²) in [6.07, 6.45) is 0.511. The molecule has 0 bridgehead atoms. The highest BCUT2D eigenvalue weighted by atomic mass is 16.6. The summed E-state index contributed by atoms with van der Waals surface area (Å²) in [5.41, 5.74) is -1.18. The number of non-ortho nitro benzene ring substituents is 2. The van der Waals surface area contributed by atoms with Gasteiger partial charge in [0.15, 0.2) is 5.78 Å². The second kappa shape index (κ2) is 6.52. The Morgan fingerprint density at radius 2 is 1.61 bits per heavy atom. The minimum Gasteiger partial charge on any atom is -0.456 e. The number of fused-ring (bicyclic) bond motifs is 3. The van der Waals surface area contributed by atoms with E-state index in [1.165, 1.54) is 12.1 Å². The fraction of sp³-hybridized carbons (Fsp3) is 0.263. The molecule has 28 heavy (non-hydrogen) atoms. The van der Waals surface area contributed by atoms with Gasteiger partial charge in [-0.2, -0.15) is 0 Å². The van der Waals surface area contributed by atoms with Gasteiger partial charge in [-0.3, -0.25) is 25.0 Å². The van der Waals surface area contributed by atoms with Gasteiger partial charge in [0.25, 0.3) is 11.4 Å². The maximum atomic E-state index is 12.8. The minimum absolute atomic E-state index is 0.0218. The Morgan fingerprint density at radius 3 is 2.18 bits per heavy atom. The van der Waals surface area contributed by atoms with Gasteiger partial charge in [-0.05, 0) is 31.9 Å². The van der Waals surface area contributed by atoms with E-state index in [0.29, 0.717) is 12.0 Å². The fourth-order valence-corrected chi connectivity index (χ4v) is 2.94. The maximum Gasteiger partial charge on any atom is 0.339 e. The molecular weight excluding hydrogens is 368 g/mol. The molecule has 0 aromatic heterocycles. The summed E-state index contributed by atoms with van der Waals surface area (Å²) in [7, 11) is 0. The number of nitrogens with zero attached hydrogens (tertiary/aromatic N) is 2. The van der Waals surface area contributed by atoms with Gasteiger partial charge >= 0.3 is 5.97 Å². The van der Waals surface area contributed by atoms with E-state index >= 15 is 0 Å². The molecule has 0 saturated heterocycles. The van der Waals surface area contributed by atoms with Crippen molar-refractivity contribution in [2.45, 2.75) is 32.8 Å². The molecule has 0 heterocycles. The molecule has 2 aromatic carbocycles. The van der Waals surface area contributed by atoms with E-state index in [1.54, 1.807) is 13.8 Å². The van der Waals surface area contributed by atoms with E-state index in [-0.39, 0.29) is 27.9 Å². The monoisotopic (exact) mass is 384 g/mol. The van der Waals surface area contributed by atoms with Crippen molar-refractivity contribution >= 4 is 23.1 Å². The van der Waals surface area contributed by atoms with Gasteiger partial charge in [-0.1, -0.05) is 6.92 Å². The molecule has 9 nitrogen and oxygen atoms in total. The van der Waals surface area contributed by atoms with Gasteiger partial charge < -0.3 is 4.74 Å². The van der Waals surface area contributed by atoms with Crippen LogP contribution in [0.15, 0.2) is 30.3 Å². The highest BCUT2D eigenvalue weighted by Crippen LogP contribution is 2.42. The molecule has 1 aliphatic carbocycles. The van der Waals surface area contributed by atoms with Crippen LogP contribution < -0.4 is 0 Å². The lowest BCUT2D eigenvalue weighted by molar-refractivity contribution is -0.385. The van der Waals surface area contributed by atoms with Crippen molar-refractivity contribution in [1.29, 1.82) is 0 Å². The van der Waals surface area contributed by atoms with Gasteiger partial charge in [0.1, 0.15) is 5.60 Å². The van der Waals surface area contributed by atoms with Crippen molar-refractivity contribution in [1.82, 2.24) is 0 Å². The Hall–Kier alpha value is -3.62. The van der Waals surface area contributed by atoms with Crippen molar-refractivity contribution in [2.75, 3.05) is 0 Å². The fourth-order valence-electron chi connectivity index (χ4n) is 2.94. The molecule has 0 radical (unpaired) electrons. The number of esters is 1. The number of carbonyl (C=O) groups excluding carboxylic acids is 2. The van der Waals surface area contributed by atoms with Crippen molar-refractivity contribution < 1.29 is 24.2 Å². The normalized spacial score (nSPS) is 12.3. The number of nitro groups is 2. The molecule has 2 aromatic rings. The Balaban J connectivity index is 2.24. The summed E-state index contributed by atoms with van der Waals surface area (Å²) < 4.78 is 5.46. The van der Waals surface area contributed by atoms with Crippen molar-refractivity contribution in [3.8, 4) is 11.1 Å². The molecule has 0 saturated carbocycles. The predicted molar refractivity (Wildman–Crippen MR) is 98.4 cm³/mol. The number of ether oxygens (including phenoxy) is 1. The highest BCUT2D eigenvalue weighted by molar-refractivity contribution is 6.24. The predicted octanol–water partition coefficient (Wildman–Crippen LogP) is 4.06. The average molecular weight is 384 g/mol. The number of hydrogen-bond donors (Lipinski definition) is 0. The molecule has 0 fully saturated rings. The summed E-state index contributed by atoms with van der Waals surface area (Å²) in [5.74, 6) is -1.41. The van der Waals surface area contributed by atoms with Crippen LogP contribution in [0.2, 0.25) is 0 Å². The molecule has 3 rings (SSSR count). The highest BCUT2D eigenvalue weighted by Gasteiger charge is 2.36. The van der Waals surface area contributed by atoms with E-state index in [0.717, 1.165) is 18.2 Å². The van der Waals surface area contributed by atoms with E-state index < -0.39 is 32.9 Å². The summed E-state index contributed by atoms with van der Waals surface area (Å²) in [6.45, 7) is 5.22. The van der Waals surface area contributed by atoms with Crippen LogP contribution in [-0.2, 0) is 4.74 Å². The van der Waals surface area contributed by atoms with Crippen molar-refractivity contribution in [3.05, 3.63) is 67.3 Å². The lowest BCUT2D eigenvalue weighted by atomic mass is 9.98. The van der Waals surface area contributed by atoms with Gasteiger partial charge in [0, 0.05) is 41.0 Å². The van der Waals surface area contributed by atoms with Crippen molar-refractivity contribution in [2.24, 2.45) is 0 Å². The van der Waals surface area contributed by atoms with Crippen LogP contribution in [-0.4, -0.2) is 27.2 Å². The van der Waals surface area contributed by atoms with Gasteiger partial charge in [-0.25, -0.2) is 4.79 Å². The number of ketones is 1. The number of nitro benzene ring substituents is 2. The van der Waals surface area contributed by atoms with Crippen LogP contribution in [0.1, 0.15) is 53.5 Å². The van der Waals surface area contributed by atoms with E-state index in [4.69, 9.17) is 4.74 Å². The summed E-state index contributed by atoms with van der Waals surface area (Å²) in [6, 6.07) is 5.83. The molecule has 144 valence electrons. The van der Waals surface area contributed by atoms with E-state index in [9.17, 15) is 29.8 Å². The van der Waals surface area contributed by atoms with E-state index in [1.807, 2.05) is 6.92 Å². The smallest absolute Gasteiger partial charge is 0.339 e. The number of benzene rings is 2.